The van der Waals surface area contributed by atoms with E-state index < -0.39 is 5.41 Å². The van der Waals surface area contributed by atoms with Crippen LogP contribution in [0, 0.1) is 0 Å². The number of hydrogen-bond acceptors (Lipinski definition) is 5. The summed E-state index contributed by atoms with van der Waals surface area (Å²) in [7, 11) is 0. The van der Waals surface area contributed by atoms with Gasteiger partial charge in [0.25, 0.3) is 0 Å². The molecule has 0 atom stereocenters. The molecule has 5 heteroatoms. The highest BCUT2D eigenvalue weighted by atomic mass is 32.1. The van der Waals surface area contributed by atoms with Crippen LogP contribution in [-0.4, -0.2) is 24.1 Å². The van der Waals surface area contributed by atoms with Gasteiger partial charge in [-0.25, -0.2) is 4.98 Å². The number of nitrogens with zero attached hydrogens (tertiary/aromatic N) is 1. The molecule has 0 fully saturated rings. The van der Waals surface area contributed by atoms with E-state index in [2.05, 4.69) is 17.2 Å². The van der Waals surface area contributed by atoms with Crippen LogP contribution in [0.5, 0.6) is 0 Å². The van der Waals surface area contributed by atoms with Crippen LogP contribution >= 0.6 is 11.3 Å². The summed E-state index contributed by atoms with van der Waals surface area (Å²) in [5, 5.41) is 5.99. The van der Waals surface area contributed by atoms with Crippen molar-refractivity contribution in [1.29, 1.82) is 0 Å². The Labute approximate surface area is 106 Å². The highest BCUT2D eigenvalue weighted by Crippen LogP contribution is 2.28. The van der Waals surface area contributed by atoms with Crippen molar-refractivity contribution in [1.82, 2.24) is 4.98 Å². The molecule has 1 aromatic heterocycles. The molecule has 17 heavy (non-hydrogen) atoms. The van der Waals surface area contributed by atoms with Gasteiger partial charge in [0.2, 0.25) is 0 Å². The quantitative estimate of drug-likeness (QED) is 0.795. The van der Waals surface area contributed by atoms with Crippen molar-refractivity contribution in [3.05, 3.63) is 11.1 Å². The number of rotatable bonds is 6. The zero-order chi connectivity index (χ0) is 12.9. The topological polar surface area (TPSA) is 51.2 Å². The van der Waals surface area contributed by atoms with Gasteiger partial charge in [0.1, 0.15) is 5.41 Å². The Hall–Kier alpha value is -1.10. The summed E-state index contributed by atoms with van der Waals surface area (Å²) in [5.74, 6) is -0.229. The average Bonchev–Trinajstić information content (AvgIpc) is 2.75. The van der Waals surface area contributed by atoms with Gasteiger partial charge in [-0.05, 0) is 27.2 Å². The molecule has 0 amide bonds. The first-order chi connectivity index (χ1) is 8.02. The second kappa shape index (κ2) is 6.00. The fourth-order valence-electron chi connectivity index (χ4n) is 1.29. The molecule has 1 N–H and O–H groups in total. The summed E-state index contributed by atoms with van der Waals surface area (Å²) >= 11 is 1.52. The molecule has 0 saturated heterocycles. The van der Waals surface area contributed by atoms with Crippen molar-refractivity contribution in [2.24, 2.45) is 0 Å². The molecule has 0 aliphatic carbocycles. The largest absolute Gasteiger partial charge is 0.465 e. The fourth-order valence-corrected chi connectivity index (χ4v) is 2.20. The Morgan fingerprint density at radius 1 is 1.53 bits per heavy atom. The molecule has 96 valence electrons. The van der Waals surface area contributed by atoms with Crippen LogP contribution in [0.3, 0.4) is 0 Å². The molecule has 1 rings (SSSR count). The first-order valence-corrected chi connectivity index (χ1v) is 6.77. The normalized spacial score (nSPS) is 11.3. The van der Waals surface area contributed by atoms with E-state index in [1.807, 2.05) is 26.2 Å². The van der Waals surface area contributed by atoms with Crippen molar-refractivity contribution in [3.8, 4) is 0 Å². The Morgan fingerprint density at radius 3 is 2.82 bits per heavy atom. The molecular weight excluding hydrogens is 236 g/mol. The maximum atomic E-state index is 11.8. The standard InChI is InChI=1S/C12H20N2O2S/c1-5-7-13-11-14-9(8-17-11)12(3,4)10(15)16-6-2/h8H,5-7H2,1-4H3,(H,13,14). The molecule has 1 aromatic rings. The van der Waals surface area contributed by atoms with Gasteiger partial charge < -0.3 is 10.1 Å². The van der Waals surface area contributed by atoms with E-state index in [0.717, 1.165) is 23.8 Å². The van der Waals surface area contributed by atoms with Gasteiger partial charge in [0, 0.05) is 11.9 Å². The molecule has 0 bridgehead atoms. The second-order valence-corrected chi connectivity index (χ2v) is 5.17. The third-order valence-corrected chi connectivity index (χ3v) is 3.26. The van der Waals surface area contributed by atoms with Crippen molar-refractivity contribution in [2.45, 2.75) is 39.5 Å². The number of esters is 1. The Morgan fingerprint density at radius 2 is 2.24 bits per heavy atom. The summed E-state index contributed by atoms with van der Waals surface area (Å²) in [4.78, 5) is 16.2. The van der Waals surface area contributed by atoms with Gasteiger partial charge in [0.05, 0.1) is 12.3 Å². The first-order valence-electron chi connectivity index (χ1n) is 5.89. The van der Waals surface area contributed by atoms with Crippen LogP contribution < -0.4 is 5.32 Å². The van der Waals surface area contributed by atoms with Crippen molar-refractivity contribution < 1.29 is 9.53 Å². The lowest BCUT2D eigenvalue weighted by Crippen LogP contribution is -2.31. The van der Waals surface area contributed by atoms with Crippen LogP contribution in [0.2, 0.25) is 0 Å². The number of thiazole rings is 1. The smallest absolute Gasteiger partial charge is 0.317 e. The highest BCUT2D eigenvalue weighted by Gasteiger charge is 2.33. The highest BCUT2D eigenvalue weighted by molar-refractivity contribution is 7.13. The summed E-state index contributed by atoms with van der Waals surface area (Å²) in [6, 6.07) is 0. The first kappa shape index (κ1) is 14.0. The summed E-state index contributed by atoms with van der Waals surface area (Å²) in [6.07, 6.45) is 1.05. The number of carbonyl (C=O) groups is 1. The minimum atomic E-state index is -0.682. The third kappa shape index (κ3) is 3.43. The molecule has 0 radical (unpaired) electrons. The molecule has 1 heterocycles. The van der Waals surface area contributed by atoms with E-state index in [-0.39, 0.29) is 5.97 Å². The number of aromatic nitrogens is 1. The van der Waals surface area contributed by atoms with Gasteiger partial charge in [-0.1, -0.05) is 6.92 Å². The Balaban J connectivity index is 2.77. The average molecular weight is 256 g/mol. The van der Waals surface area contributed by atoms with E-state index in [1.54, 1.807) is 0 Å². The minimum absolute atomic E-state index is 0.229. The maximum Gasteiger partial charge on any atom is 0.317 e. The van der Waals surface area contributed by atoms with E-state index in [0.29, 0.717) is 6.61 Å². The fraction of sp³-hybridized carbons (Fsp3) is 0.667. The van der Waals surface area contributed by atoms with Crippen LogP contribution in [-0.2, 0) is 14.9 Å². The van der Waals surface area contributed by atoms with Crippen LogP contribution in [0.25, 0.3) is 0 Å². The van der Waals surface area contributed by atoms with Gasteiger partial charge in [0.15, 0.2) is 5.13 Å². The van der Waals surface area contributed by atoms with Crippen molar-refractivity contribution >= 4 is 22.4 Å². The lowest BCUT2D eigenvalue weighted by atomic mass is 9.90. The lowest BCUT2D eigenvalue weighted by molar-refractivity contribution is -0.148. The second-order valence-electron chi connectivity index (χ2n) is 4.31. The van der Waals surface area contributed by atoms with Crippen LogP contribution in [0.4, 0.5) is 5.13 Å². The van der Waals surface area contributed by atoms with E-state index in [4.69, 9.17) is 4.74 Å². The summed E-state index contributed by atoms with van der Waals surface area (Å²) in [6.45, 7) is 8.88. The lowest BCUT2D eigenvalue weighted by Gasteiger charge is -2.19. The number of carbonyl (C=O) groups excluding carboxylic acids is 1. The van der Waals surface area contributed by atoms with Crippen LogP contribution in [0.1, 0.15) is 39.8 Å². The Bertz CT molecular complexity index is 374. The van der Waals surface area contributed by atoms with E-state index >= 15 is 0 Å². The van der Waals surface area contributed by atoms with Gasteiger partial charge in [-0.3, -0.25) is 4.79 Å². The number of hydrogen-bond donors (Lipinski definition) is 1. The molecule has 0 unspecified atom stereocenters. The van der Waals surface area contributed by atoms with Gasteiger partial charge >= 0.3 is 5.97 Å². The Kier molecular flexibility index (Phi) is 4.93. The van der Waals surface area contributed by atoms with Crippen molar-refractivity contribution in [2.75, 3.05) is 18.5 Å². The zero-order valence-electron chi connectivity index (χ0n) is 10.9. The number of anilines is 1. The van der Waals surface area contributed by atoms with E-state index in [9.17, 15) is 4.79 Å². The summed E-state index contributed by atoms with van der Waals surface area (Å²) in [5.41, 5.74) is 0.0816. The molecule has 0 aliphatic rings. The van der Waals surface area contributed by atoms with Gasteiger partial charge in [-0.2, -0.15) is 0 Å². The molecule has 0 aliphatic heterocycles. The molecule has 0 aromatic carbocycles. The number of nitrogens with one attached hydrogen (secondary N) is 1. The molecule has 0 saturated carbocycles. The zero-order valence-corrected chi connectivity index (χ0v) is 11.7. The predicted molar refractivity (Wildman–Crippen MR) is 70.6 cm³/mol. The van der Waals surface area contributed by atoms with Crippen LogP contribution in [0.15, 0.2) is 5.38 Å². The molecular formula is C12H20N2O2S. The predicted octanol–water partition coefficient (Wildman–Crippen LogP) is 2.81. The van der Waals surface area contributed by atoms with Gasteiger partial charge in [-0.15, -0.1) is 11.3 Å². The monoisotopic (exact) mass is 256 g/mol. The minimum Gasteiger partial charge on any atom is -0.465 e. The SMILES string of the molecule is CCCNc1nc(C(C)(C)C(=O)OCC)cs1. The maximum absolute atomic E-state index is 11.8. The third-order valence-electron chi connectivity index (χ3n) is 2.46. The summed E-state index contributed by atoms with van der Waals surface area (Å²) < 4.78 is 5.06. The number of ether oxygens (including phenoxy) is 1. The van der Waals surface area contributed by atoms with E-state index in [1.165, 1.54) is 11.3 Å². The molecule has 4 nitrogen and oxygen atoms in total. The molecule has 0 spiro atoms. The van der Waals surface area contributed by atoms with Crippen molar-refractivity contribution in [3.63, 3.8) is 0 Å².